The van der Waals surface area contributed by atoms with Crippen LogP contribution >= 0.6 is 0 Å². The zero-order valence-electron chi connectivity index (χ0n) is 19.3. The van der Waals surface area contributed by atoms with Crippen LogP contribution in [-0.2, 0) is 20.4 Å². The summed E-state index contributed by atoms with van der Waals surface area (Å²) in [5.41, 5.74) is 0. The molecule has 0 aromatic rings. The molecule has 0 saturated carbocycles. The van der Waals surface area contributed by atoms with Crippen LogP contribution in [0.25, 0.3) is 0 Å². The second-order valence-electron chi connectivity index (χ2n) is 9.28. The smallest absolute Gasteiger partial charge is 0.282 e. The van der Waals surface area contributed by atoms with Crippen molar-refractivity contribution in [1.29, 1.82) is 0 Å². The summed E-state index contributed by atoms with van der Waals surface area (Å²) in [4.78, 5) is 2.11. The van der Waals surface area contributed by atoms with Crippen molar-refractivity contribution < 1.29 is 16.8 Å². The second-order valence-corrected chi connectivity index (χ2v) is 13.1. The molecule has 0 atom stereocenters. The van der Waals surface area contributed by atoms with Gasteiger partial charge in [-0.15, -0.1) is 0 Å². The summed E-state index contributed by atoms with van der Waals surface area (Å²) in [5.74, 6) is 0.847. The predicted octanol–water partition coefficient (Wildman–Crippen LogP) is 0.735. The van der Waals surface area contributed by atoms with E-state index >= 15 is 0 Å². The minimum Gasteiger partial charge on any atom is -0.304 e. The van der Waals surface area contributed by atoms with E-state index in [0.717, 1.165) is 12.8 Å². The van der Waals surface area contributed by atoms with Crippen molar-refractivity contribution in [2.45, 2.75) is 40.5 Å². The first kappa shape index (κ1) is 26.0. The van der Waals surface area contributed by atoms with Crippen molar-refractivity contribution in [3.63, 3.8) is 0 Å². The Bertz CT molecular complexity index is 714. The number of hydrogen-bond acceptors (Lipinski definition) is 5. The molecular weight excluding hydrogens is 426 g/mol. The predicted molar refractivity (Wildman–Crippen MR) is 121 cm³/mol. The number of nitrogens with zero attached hydrogens (tertiary/aromatic N) is 5. The van der Waals surface area contributed by atoms with Gasteiger partial charge < -0.3 is 4.90 Å². The third-order valence-electron chi connectivity index (χ3n) is 5.88. The summed E-state index contributed by atoms with van der Waals surface area (Å²) in [5, 5.41) is 0. The molecule has 0 unspecified atom stereocenters. The number of hydrogen-bond donors (Lipinski definition) is 0. The zero-order valence-corrected chi connectivity index (χ0v) is 21.0. The van der Waals surface area contributed by atoms with Crippen LogP contribution in [0, 0.1) is 11.8 Å². The number of piperazine rings is 2. The van der Waals surface area contributed by atoms with Gasteiger partial charge in [-0.3, -0.25) is 0 Å². The molecule has 0 aromatic carbocycles. The summed E-state index contributed by atoms with van der Waals surface area (Å²) in [6.45, 7) is 12.6. The molecule has 2 aliphatic rings. The first-order valence-electron chi connectivity index (χ1n) is 11.1. The molecule has 2 fully saturated rings. The van der Waals surface area contributed by atoms with E-state index in [1.807, 2.05) is 7.05 Å². The largest absolute Gasteiger partial charge is 0.304 e. The van der Waals surface area contributed by atoms with E-state index in [0.29, 0.717) is 51.1 Å². The van der Waals surface area contributed by atoms with Gasteiger partial charge in [-0.25, -0.2) is 0 Å². The highest BCUT2D eigenvalue weighted by Gasteiger charge is 2.38. The Morgan fingerprint density at radius 1 is 0.667 bits per heavy atom. The lowest BCUT2D eigenvalue weighted by Crippen LogP contribution is -2.58. The summed E-state index contributed by atoms with van der Waals surface area (Å²) in [6, 6.07) is 0. The molecule has 0 radical (unpaired) electrons. The Labute approximate surface area is 184 Å². The normalized spacial score (nSPS) is 21.9. The lowest BCUT2D eigenvalue weighted by molar-refractivity contribution is 0.198. The maximum absolute atomic E-state index is 13.3. The molecule has 30 heavy (non-hydrogen) atoms. The van der Waals surface area contributed by atoms with Crippen LogP contribution in [0.2, 0.25) is 0 Å². The fraction of sp³-hybridized carbons (Fsp3) is 1.00. The zero-order chi connectivity index (χ0) is 22.5. The van der Waals surface area contributed by atoms with Crippen molar-refractivity contribution in [2.24, 2.45) is 11.8 Å². The molecule has 0 aromatic heterocycles. The summed E-state index contributed by atoms with van der Waals surface area (Å²) >= 11 is 0. The fourth-order valence-corrected chi connectivity index (χ4v) is 6.82. The lowest BCUT2D eigenvalue weighted by Gasteiger charge is -2.39. The SMILES string of the molecule is CC(C)CCN(CCC(C)C)S(=O)(=O)N1CCN(S(=O)(=O)N2CCN(C)CC2)CC1. The van der Waals surface area contributed by atoms with Gasteiger partial charge in [0.05, 0.1) is 0 Å². The van der Waals surface area contributed by atoms with Crippen molar-refractivity contribution in [2.75, 3.05) is 72.5 Å². The molecule has 2 aliphatic heterocycles. The van der Waals surface area contributed by atoms with Crippen LogP contribution in [-0.4, -0.2) is 111 Å². The van der Waals surface area contributed by atoms with Gasteiger partial charge in [-0.05, 0) is 31.7 Å². The highest BCUT2D eigenvalue weighted by atomic mass is 32.2. The Morgan fingerprint density at radius 3 is 1.43 bits per heavy atom. The maximum atomic E-state index is 13.3. The summed E-state index contributed by atoms with van der Waals surface area (Å²) < 4.78 is 58.5. The molecule has 0 amide bonds. The van der Waals surface area contributed by atoms with Gasteiger partial charge >= 0.3 is 0 Å². The highest BCUT2D eigenvalue weighted by Crippen LogP contribution is 2.19. The molecule has 9 nitrogen and oxygen atoms in total. The first-order chi connectivity index (χ1) is 13.9. The average molecular weight is 468 g/mol. The van der Waals surface area contributed by atoms with Gasteiger partial charge in [0.25, 0.3) is 20.4 Å². The molecule has 0 bridgehead atoms. The number of rotatable bonds is 10. The topological polar surface area (TPSA) is 84.5 Å². The monoisotopic (exact) mass is 467 g/mol. The quantitative estimate of drug-likeness (QED) is 0.473. The third-order valence-corrected chi connectivity index (χ3v) is 9.95. The molecule has 178 valence electrons. The van der Waals surface area contributed by atoms with Crippen molar-refractivity contribution in [1.82, 2.24) is 22.1 Å². The molecule has 2 rings (SSSR count). The molecule has 0 aliphatic carbocycles. The average Bonchev–Trinajstić information content (AvgIpc) is 2.67. The Morgan fingerprint density at radius 2 is 1.03 bits per heavy atom. The van der Waals surface area contributed by atoms with E-state index in [2.05, 4.69) is 32.6 Å². The van der Waals surface area contributed by atoms with E-state index in [-0.39, 0.29) is 26.2 Å². The van der Waals surface area contributed by atoms with Gasteiger partial charge in [0, 0.05) is 65.4 Å². The Hall–Kier alpha value is -0.300. The molecular formula is C19H41N5O4S2. The van der Waals surface area contributed by atoms with Crippen LogP contribution < -0.4 is 0 Å². The van der Waals surface area contributed by atoms with Crippen molar-refractivity contribution in [3.05, 3.63) is 0 Å². The number of likely N-dealkylation sites (N-methyl/N-ethyl adjacent to an activating group) is 1. The van der Waals surface area contributed by atoms with Crippen LogP contribution in [0.5, 0.6) is 0 Å². The van der Waals surface area contributed by atoms with E-state index in [9.17, 15) is 16.8 Å². The Kier molecular flexibility index (Phi) is 9.54. The van der Waals surface area contributed by atoms with Crippen LogP contribution in [0.1, 0.15) is 40.5 Å². The standard InChI is InChI=1S/C19H41N5O4S2/c1-18(2)6-8-21(9-7-19(3)4)29(25,26)23-14-16-24(17-15-23)30(27,28)22-12-10-20(5)11-13-22/h18-19H,6-17H2,1-5H3. The molecule has 2 heterocycles. The van der Waals surface area contributed by atoms with Crippen molar-refractivity contribution >= 4 is 20.4 Å². The van der Waals surface area contributed by atoms with Gasteiger partial charge in [-0.2, -0.15) is 34.1 Å². The summed E-state index contributed by atoms with van der Waals surface area (Å²) in [6.07, 6.45) is 1.63. The highest BCUT2D eigenvalue weighted by molar-refractivity contribution is 7.87. The Balaban J connectivity index is 2.01. The van der Waals surface area contributed by atoms with Crippen molar-refractivity contribution in [3.8, 4) is 0 Å². The molecule has 11 heteroatoms. The van der Waals surface area contributed by atoms with Crippen LogP contribution in [0.4, 0.5) is 0 Å². The molecule has 2 saturated heterocycles. The van der Waals surface area contributed by atoms with Gasteiger partial charge in [0.2, 0.25) is 0 Å². The van der Waals surface area contributed by atoms with E-state index in [1.54, 1.807) is 4.31 Å². The first-order valence-corrected chi connectivity index (χ1v) is 13.9. The third kappa shape index (κ3) is 6.85. The van der Waals surface area contributed by atoms with Crippen LogP contribution in [0.15, 0.2) is 0 Å². The lowest BCUT2D eigenvalue weighted by atomic mass is 10.1. The van der Waals surface area contributed by atoms with E-state index < -0.39 is 20.4 Å². The van der Waals surface area contributed by atoms with Gasteiger partial charge in [-0.1, -0.05) is 27.7 Å². The van der Waals surface area contributed by atoms with Crippen LogP contribution in [0.3, 0.4) is 0 Å². The minimum absolute atomic E-state index is 0.204. The van der Waals surface area contributed by atoms with E-state index in [4.69, 9.17) is 0 Å². The second kappa shape index (κ2) is 11.0. The summed E-state index contributed by atoms with van der Waals surface area (Å²) in [7, 11) is -5.14. The fourth-order valence-electron chi connectivity index (χ4n) is 3.62. The van der Waals surface area contributed by atoms with Gasteiger partial charge in [0.1, 0.15) is 0 Å². The molecule has 0 spiro atoms. The molecule has 0 N–H and O–H groups in total. The van der Waals surface area contributed by atoms with Gasteiger partial charge in [0.15, 0.2) is 0 Å². The van der Waals surface area contributed by atoms with E-state index in [1.165, 1.54) is 12.9 Å². The minimum atomic E-state index is -3.59. The maximum Gasteiger partial charge on any atom is 0.282 e.